The minimum atomic E-state index is 0. The number of aliphatic imine (C=N–C) groups is 1. The fourth-order valence-corrected chi connectivity index (χ4v) is 3.90. The molecular formula is C19H36IN5S. The van der Waals surface area contributed by atoms with Crippen LogP contribution in [0.25, 0.3) is 0 Å². The smallest absolute Gasteiger partial charge is 0.190 e. The summed E-state index contributed by atoms with van der Waals surface area (Å²) in [5.74, 6) is 2.32. The summed E-state index contributed by atoms with van der Waals surface area (Å²) >= 11 is 1.76. The van der Waals surface area contributed by atoms with Gasteiger partial charge in [0.15, 0.2) is 5.96 Å². The molecule has 1 aromatic heterocycles. The van der Waals surface area contributed by atoms with Gasteiger partial charge in [0.05, 0.1) is 10.7 Å². The van der Waals surface area contributed by atoms with Crippen LogP contribution in [0, 0.1) is 5.92 Å². The second-order valence-corrected chi connectivity index (χ2v) is 8.27. The largest absolute Gasteiger partial charge is 0.356 e. The van der Waals surface area contributed by atoms with Crippen LogP contribution in [0.15, 0.2) is 10.4 Å². The van der Waals surface area contributed by atoms with Crippen molar-refractivity contribution in [3.63, 3.8) is 0 Å². The summed E-state index contributed by atoms with van der Waals surface area (Å²) in [6, 6.07) is 0. The number of rotatable bonds is 8. The van der Waals surface area contributed by atoms with Crippen LogP contribution < -0.4 is 10.6 Å². The summed E-state index contributed by atoms with van der Waals surface area (Å²) in [6.45, 7) is 12.3. The predicted octanol–water partition coefficient (Wildman–Crippen LogP) is 3.71. The normalized spacial score (nSPS) is 16.6. The molecule has 0 saturated carbocycles. The van der Waals surface area contributed by atoms with Gasteiger partial charge in [0, 0.05) is 37.9 Å². The minimum absolute atomic E-state index is 0. The first-order valence-corrected chi connectivity index (χ1v) is 10.6. The van der Waals surface area contributed by atoms with Crippen LogP contribution in [0.1, 0.15) is 56.7 Å². The molecule has 0 unspecified atom stereocenters. The summed E-state index contributed by atoms with van der Waals surface area (Å²) in [7, 11) is 1.83. The molecule has 1 fully saturated rings. The molecule has 2 rings (SSSR count). The van der Waals surface area contributed by atoms with E-state index in [-0.39, 0.29) is 24.0 Å². The van der Waals surface area contributed by atoms with Crippen LogP contribution >= 0.6 is 35.3 Å². The van der Waals surface area contributed by atoms with Crippen molar-refractivity contribution in [3.05, 3.63) is 16.1 Å². The fourth-order valence-electron chi connectivity index (χ4n) is 3.03. The molecule has 5 nitrogen and oxygen atoms in total. The maximum absolute atomic E-state index is 4.68. The average Bonchev–Trinajstić information content (AvgIpc) is 3.08. The number of nitrogens with one attached hydrogen (secondary N) is 2. The Hall–Kier alpha value is -0.410. The second kappa shape index (κ2) is 12.9. The number of likely N-dealkylation sites (tertiary alicyclic amines) is 1. The Kier molecular flexibility index (Phi) is 11.7. The summed E-state index contributed by atoms with van der Waals surface area (Å²) < 4.78 is 0. The van der Waals surface area contributed by atoms with Crippen LogP contribution in [0.3, 0.4) is 0 Å². The first-order valence-electron chi connectivity index (χ1n) is 9.69. The van der Waals surface area contributed by atoms with E-state index >= 15 is 0 Å². The third kappa shape index (κ3) is 8.52. The van der Waals surface area contributed by atoms with Crippen molar-refractivity contribution in [2.45, 2.75) is 52.4 Å². The number of piperidine rings is 1. The summed E-state index contributed by atoms with van der Waals surface area (Å²) in [5.41, 5.74) is 1.18. The molecule has 2 N–H and O–H groups in total. The van der Waals surface area contributed by atoms with Crippen LogP contribution in [0.2, 0.25) is 0 Å². The Bertz CT molecular complexity index is 524. The van der Waals surface area contributed by atoms with Crippen LogP contribution in [0.5, 0.6) is 0 Å². The highest BCUT2D eigenvalue weighted by Crippen LogP contribution is 2.19. The Morgan fingerprint density at radius 3 is 2.62 bits per heavy atom. The highest BCUT2D eigenvalue weighted by molar-refractivity contribution is 14.0. The molecule has 1 aromatic rings. The Morgan fingerprint density at radius 2 is 2.00 bits per heavy atom. The first kappa shape index (κ1) is 23.6. The van der Waals surface area contributed by atoms with E-state index in [4.69, 9.17) is 0 Å². The molecule has 0 aromatic carbocycles. The zero-order valence-corrected chi connectivity index (χ0v) is 19.9. The zero-order chi connectivity index (χ0) is 18.1. The van der Waals surface area contributed by atoms with E-state index in [2.05, 4.69) is 51.7 Å². The lowest BCUT2D eigenvalue weighted by atomic mass is 9.99. The van der Waals surface area contributed by atoms with Gasteiger partial charge in [-0.15, -0.1) is 35.3 Å². The van der Waals surface area contributed by atoms with E-state index in [1.165, 1.54) is 49.6 Å². The molecule has 0 radical (unpaired) electrons. The molecule has 26 heavy (non-hydrogen) atoms. The van der Waals surface area contributed by atoms with E-state index in [0.717, 1.165) is 31.4 Å². The minimum Gasteiger partial charge on any atom is -0.356 e. The van der Waals surface area contributed by atoms with Crippen LogP contribution in [-0.4, -0.2) is 55.6 Å². The maximum atomic E-state index is 4.68. The van der Waals surface area contributed by atoms with Gasteiger partial charge >= 0.3 is 0 Å². The lowest BCUT2D eigenvalue weighted by Gasteiger charge is -2.30. The second-order valence-electron chi connectivity index (χ2n) is 7.39. The van der Waals surface area contributed by atoms with Gasteiger partial charge < -0.3 is 15.5 Å². The van der Waals surface area contributed by atoms with Gasteiger partial charge in [-0.25, -0.2) is 4.98 Å². The van der Waals surface area contributed by atoms with E-state index in [9.17, 15) is 0 Å². The molecule has 0 bridgehead atoms. The summed E-state index contributed by atoms with van der Waals surface area (Å²) in [5, 5.41) is 10.2. The van der Waals surface area contributed by atoms with Crippen molar-refractivity contribution < 1.29 is 0 Å². The van der Waals surface area contributed by atoms with Crippen LogP contribution in [0.4, 0.5) is 0 Å². The van der Waals surface area contributed by atoms with Crippen molar-refractivity contribution in [1.29, 1.82) is 0 Å². The first-order chi connectivity index (χ1) is 12.1. The molecule has 1 aliphatic rings. The van der Waals surface area contributed by atoms with Gasteiger partial charge in [0.1, 0.15) is 0 Å². The molecule has 1 saturated heterocycles. The maximum Gasteiger partial charge on any atom is 0.190 e. The number of hydrogen-bond acceptors (Lipinski definition) is 4. The van der Waals surface area contributed by atoms with Crippen molar-refractivity contribution >= 4 is 41.3 Å². The number of thiazole rings is 1. The standard InChI is InChI=1S/C19H35N5S.HI/c1-15(2)18-23-17(14-25-18)6-10-22-19(20-4)21-9-5-11-24-12-7-16(3)8-13-24;/h14-16H,5-13H2,1-4H3,(H2,20,21,22);1H. The van der Waals surface area contributed by atoms with Gasteiger partial charge in [-0.1, -0.05) is 20.8 Å². The van der Waals surface area contributed by atoms with Crippen molar-refractivity contribution in [3.8, 4) is 0 Å². The molecule has 0 spiro atoms. The quantitative estimate of drug-likeness (QED) is 0.251. The molecule has 150 valence electrons. The Balaban J connectivity index is 0.00000338. The topological polar surface area (TPSA) is 52.6 Å². The summed E-state index contributed by atoms with van der Waals surface area (Å²) in [6.07, 6.45) is 4.81. The number of halogens is 1. The lowest BCUT2D eigenvalue weighted by Crippen LogP contribution is -2.40. The summed E-state index contributed by atoms with van der Waals surface area (Å²) in [4.78, 5) is 11.6. The Labute approximate surface area is 180 Å². The molecule has 7 heteroatoms. The van der Waals surface area contributed by atoms with E-state index in [1.807, 2.05) is 7.05 Å². The monoisotopic (exact) mass is 493 g/mol. The number of aromatic nitrogens is 1. The number of hydrogen-bond donors (Lipinski definition) is 2. The van der Waals surface area contributed by atoms with E-state index in [0.29, 0.717) is 5.92 Å². The van der Waals surface area contributed by atoms with Crippen molar-refractivity contribution in [2.24, 2.45) is 10.9 Å². The third-order valence-corrected chi connectivity index (χ3v) is 5.97. The third-order valence-electron chi connectivity index (χ3n) is 4.78. The van der Waals surface area contributed by atoms with Crippen molar-refractivity contribution in [2.75, 3.05) is 39.8 Å². The predicted molar refractivity (Wildman–Crippen MR) is 124 cm³/mol. The van der Waals surface area contributed by atoms with Crippen molar-refractivity contribution in [1.82, 2.24) is 20.5 Å². The van der Waals surface area contributed by atoms with E-state index in [1.54, 1.807) is 11.3 Å². The molecule has 0 atom stereocenters. The van der Waals surface area contributed by atoms with Crippen LogP contribution in [-0.2, 0) is 6.42 Å². The van der Waals surface area contributed by atoms with Gasteiger partial charge in [0.25, 0.3) is 0 Å². The molecule has 2 heterocycles. The SMILES string of the molecule is CN=C(NCCCN1CCC(C)CC1)NCCc1csc(C(C)C)n1.I. The van der Waals surface area contributed by atoms with Gasteiger partial charge in [-0.05, 0) is 44.8 Å². The van der Waals surface area contributed by atoms with E-state index < -0.39 is 0 Å². The van der Waals surface area contributed by atoms with Gasteiger partial charge in [0.2, 0.25) is 0 Å². The lowest BCUT2D eigenvalue weighted by molar-refractivity contribution is 0.191. The molecule has 0 aliphatic carbocycles. The molecule has 0 amide bonds. The fraction of sp³-hybridized carbons (Fsp3) is 0.789. The van der Waals surface area contributed by atoms with Gasteiger partial charge in [-0.2, -0.15) is 0 Å². The average molecular weight is 494 g/mol. The highest BCUT2D eigenvalue weighted by atomic mass is 127. The number of nitrogens with zero attached hydrogens (tertiary/aromatic N) is 3. The van der Waals surface area contributed by atoms with Gasteiger partial charge in [-0.3, -0.25) is 4.99 Å². The molecular weight excluding hydrogens is 457 g/mol. The zero-order valence-electron chi connectivity index (χ0n) is 16.8. The highest BCUT2D eigenvalue weighted by Gasteiger charge is 2.14. The number of guanidine groups is 1. The molecule has 1 aliphatic heterocycles. The Morgan fingerprint density at radius 1 is 1.31 bits per heavy atom.